The number of ether oxygens (including phenoxy) is 1. The number of esters is 1. The van der Waals surface area contributed by atoms with E-state index < -0.39 is 0 Å². The summed E-state index contributed by atoms with van der Waals surface area (Å²) in [4.78, 5) is 11.7. The molecular weight excluding hydrogens is 248 g/mol. The van der Waals surface area contributed by atoms with Gasteiger partial charge < -0.3 is 4.74 Å². The normalized spacial score (nSPS) is 33.0. The van der Waals surface area contributed by atoms with Gasteiger partial charge in [0, 0.05) is 11.0 Å². The van der Waals surface area contributed by atoms with E-state index in [0.29, 0.717) is 18.1 Å². The van der Waals surface area contributed by atoms with Crippen molar-refractivity contribution in [2.45, 2.75) is 65.7 Å². The van der Waals surface area contributed by atoms with Gasteiger partial charge in [0.15, 0.2) is 0 Å². The SMILES string of the molecule is C=C(C)C(=O)OCC1(CC(C)C)CC2CCCC(C2)C1. The molecule has 0 N–H and O–H groups in total. The quantitative estimate of drug-likeness (QED) is 0.536. The van der Waals surface area contributed by atoms with Gasteiger partial charge in [0.25, 0.3) is 0 Å². The summed E-state index contributed by atoms with van der Waals surface area (Å²) in [6, 6.07) is 0. The fourth-order valence-corrected chi connectivity index (χ4v) is 4.63. The molecular formula is C18H30O2. The molecule has 0 amide bonds. The van der Waals surface area contributed by atoms with E-state index >= 15 is 0 Å². The average molecular weight is 278 g/mol. The zero-order valence-corrected chi connectivity index (χ0v) is 13.4. The highest BCUT2D eigenvalue weighted by Crippen LogP contribution is 2.51. The second-order valence-corrected chi connectivity index (χ2v) is 7.76. The molecule has 2 fully saturated rings. The first kappa shape index (κ1) is 15.6. The second kappa shape index (κ2) is 6.32. The van der Waals surface area contributed by atoms with Crippen molar-refractivity contribution in [2.75, 3.05) is 6.61 Å². The Morgan fingerprint density at radius 3 is 2.40 bits per heavy atom. The van der Waals surface area contributed by atoms with Gasteiger partial charge in [-0.25, -0.2) is 4.79 Å². The number of hydrogen-bond acceptors (Lipinski definition) is 2. The fourth-order valence-electron chi connectivity index (χ4n) is 4.63. The summed E-state index contributed by atoms with van der Waals surface area (Å²) >= 11 is 0. The standard InChI is InChI=1S/C18H30O2/c1-13(2)9-18(12-20-17(19)14(3)4)10-15-6-5-7-16(8-15)11-18/h13,15-16H,3,5-12H2,1-2,4H3. The Morgan fingerprint density at radius 1 is 1.30 bits per heavy atom. The van der Waals surface area contributed by atoms with Crippen LogP contribution in [0.25, 0.3) is 0 Å². The molecule has 2 aliphatic carbocycles. The lowest BCUT2D eigenvalue weighted by Gasteiger charge is -2.47. The third-order valence-electron chi connectivity index (χ3n) is 5.03. The van der Waals surface area contributed by atoms with Crippen molar-refractivity contribution in [1.82, 2.24) is 0 Å². The maximum atomic E-state index is 11.7. The van der Waals surface area contributed by atoms with E-state index in [2.05, 4.69) is 20.4 Å². The highest BCUT2D eigenvalue weighted by molar-refractivity contribution is 5.86. The molecule has 114 valence electrons. The minimum atomic E-state index is -0.219. The van der Waals surface area contributed by atoms with Gasteiger partial charge in [0.05, 0.1) is 6.61 Å². The van der Waals surface area contributed by atoms with Gasteiger partial charge in [-0.3, -0.25) is 0 Å². The largest absolute Gasteiger partial charge is 0.462 e. The van der Waals surface area contributed by atoms with Crippen LogP contribution in [-0.4, -0.2) is 12.6 Å². The minimum Gasteiger partial charge on any atom is -0.462 e. The van der Waals surface area contributed by atoms with Crippen LogP contribution in [0.3, 0.4) is 0 Å². The van der Waals surface area contributed by atoms with Crippen molar-refractivity contribution in [2.24, 2.45) is 23.2 Å². The molecule has 2 bridgehead atoms. The number of rotatable bonds is 5. The first-order valence-corrected chi connectivity index (χ1v) is 8.23. The minimum absolute atomic E-state index is 0.219. The predicted molar refractivity (Wildman–Crippen MR) is 82.3 cm³/mol. The number of carbonyl (C=O) groups excluding carboxylic acids is 1. The van der Waals surface area contributed by atoms with Gasteiger partial charge in [0.2, 0.25) is 0 Å². The van der Waals surface area contributed by atoms with Crippen molar-refractivity contribution in [3.05, 3.63) is 12.2 Å². The molecule has 0 aromatic heterocycles. The van der Waals surface area contributed by atoms with Gasteiger partial charge >= 0.3 is 5.97 Å². The summed E-state index contributed by atoms with van der Waals surface area (Å²) in [5.41, 5.74) is 0.744. The molecule has 0 saturated heterocycles. The molecule has 0 aliphatic heterocycles. The van der Waals surface area contributed by atoms with Crippen LogP contribution in [0.2, 0.25) is 0 Å². The van der Waals surface area contributed by atoms with E-state index in [1.165, 1.54) is 44.9 Å². The zero-order valence-electron chi connectivity index (χ0n) is 13.4. The maximum absolute atomic E-state index is 11.7. The highest BCUT2D eigenvalue weighted by atomic mass is 16.5. The molecule has 2 nitrogen and oxygen atoms in total. The third-order valence-corrected chi connectivity index (χ3v) is 5.03. The van der Waals surface area contributed by atoms with Crippen LogP contribution < -0.4 is 0 Å². The molecule has 0 aromatic rings. The van der Waals surface area contributed by atoms with Crippen molar-refractivity contribution < 1.29 is 9.53 Å². The van der Waals surface area contributed by atoms with Crippen LogP contribution in [0.4, 0.5) is 0 Å². The van der Waals surface area contributed by atoms with Gasteiger partial charge in [-0.1, -0.05) is 39.7 Å². The van der Waals surface area contributed by atoms with E-state index in [-0.39, 0.29) is 11.4 Å². The van der Waals surface area contributed by atoms with Crippen molar-refractivity contribution >= 4 is 5.97 Å². The lowest BCUT2D eigenvalue weighted by Crippen LogP contribution is -2.40. The van der Waals surface area contributed by atoms with E-state index in [0.717, 1.165) is 11.8 Å². The molecule has 2 aliphatic rings. The molecule has 2 unspecified atom stereocenters. The lowest BCUT2D eigenvalue weighted by molar-refractivity contribution is -0.145. The van der Waals surface area contributed by atoms with Crippen LogP contribution in [-0.2, 0) is 9.53 Å². The smallest absolute Gasteiger partial charge is 0.333 e. The van der Waals surface area contributed by atoms with Crippen LogP contribution in [0.1, 0.15) is 65.7 Å². The van der Waals surface area contributed by atoms with E-state index in [4.69, 9.17) is 4.74 Å². The molecule has 0 radical (unpaired) electrons. The molecule has 2 heteroatoms. The van der Waals surface area contributed by atoms with Crippen LogP contribution in [0.5, 0.6) is 0 Å². The molecule has 2 saturated carbocycles. The van der Waals surface area contributed by atoms with Crippen LogP contribution >= 0.6 is 0 Å². The maximum Gasteiger partial charge on any atom is 0.333 e. The molecule has 0 spiro atoms. The number of fused-ring (bicyclic) bond motifs is 2. The Balaban J connectivity index is 2.05. The summed E-state index contributed by atoms with van der Waals surface area (Å²) in [5.74, 6) is 2.18. The summed E-state index contributed by atoms with van der Waals surface area (Å²) in [7, 11) is 0. The Labute approximate surface area is 124 Å². The van der Waals surface area contributed by atoms with E-state index in [1.807, 2.05) is 0 Å². The number of hydrogen-bond donors (Lipinski definition) is 0. The zero-order chi connectivity index (χ0) is 14.8. The predicted octanol–water partition coefficient (Wildman–Crippen LogP) is 4.74. The Hall–Kier alpha value is -0.790. The second-order valence-electron chi connectivity index (χ2n) is 7.76. The van der Waals surface area contributed by atoms with Gasteiger partial charge in [-0.2, -0.15) is 0 Å². The molecule has 0 heterocycles. The van der Waals surface area contributed by atoms with Crippen molar-refractivity contribution in [1.29, 1.82) is 0 Å². The van der Waals surface area contributed by atoms with E-state index in [1.54, 1.807) is 6.92 Å². The monoisotopic (exact) mass is 278 g/mol. The summed E-state index contributed by atoms with van der Waals surface area (Å²) in [6.45, 7) is 10.6. The lowest BCUT2D eigenvalue weighted by atomic mass is 9.59. The Kier molecular flexibility index (Phi) is 4.93. The molecule has 2 rings (SSSR count). The van der Waals surface area contributed by atoms with E-state index in [9.17, 15) is 4.79 Å². The van der Waals surface area contributed by atoms with Gasteiger partial charge in [-0.05, 0) is 50.4 Å². The number of carbonyl (C=O) groups is 1. The van der Waals surface area contributed by atoms with Gasteiger partial charge in [0.1, 0.15) is 0 Å². The summed E-state index contributed by atoms with van der Waals surface area (Å²) in [5, 5.41) is 0. The molecule has 0 aromatic carbocycles. The third kappa shape index (κ3) is 3.86. The van der Waals surface area contributed by atoms with Crippen molar-refractivity contribution in [3.63, 3.8) is 0 Å². The highest BCUT2D eigenvalue weighted by Gasteiger charge is 2.43. The molecule has 2 atom stereocenters. The topological polar surface area (TPSA) is 26.3 Å². The Morgan fingerprint density at radius 2 is 1.90 bits per heavy atom. The Bertz CT molecular complexity index is 358. The summed E-state index contributed by atoms with van der Waals surface area (Å²) in [6.07, 6.45) is 9.27. The first-order chi connectivity index (χ1) is 9.40. The average Bonchev–Trinajstić information content (AvgIpc) is 2.34. The molecule has 20 heavy (non-hydrogen) atoms. The first-order valence-electron chi connectivity index (χ1n) is 8.23. The van der Waals surface area contributed by atoms with Gasteiger partial charge in [-0.15, -0.1) is 0 Å². The fraction of sp³-hybridized carbons (Fsp3) is 0.833. The summed E-state index contributed by atoms with van der Waals surface area (Å²) < 4.78 is 5.57. The van der Waals surface area contributed by atoms with Crippen molar-refractivity contribution in [3.8, 4) is 0 Å². The van der Waals surface area contributed by atoms with Crippen LogP contribution in [0, 0.1) is 23.2 Å². The van der Waals surface area contributed by atoms with Crippen LogP contribution in [0.15, 0.2) is 12.2 Å².